The molecule has 0 aliphatic carbocycles. The molecule has 2 rings (SSSR count). The predicted molar refractivity (Wildman–Crippen MR) is 95.2 cm³/mol. The van der Waals surface area contributed by atoms with Crippen molar-refractivity contribution in [3.8, 4) is 5.75 Å². The summed E-state index contributed by atoms with van der Waals surface area (Å²) < 4.78 is 5.17. The van der Waals surface area contributed by atoms with Crippen LogP contribution in [0, 0.1) is 0 Å². The Hall–Kier alpha value is -2.55. The summed E-state index contributed by atoms with van der Waals surface area (Å²) in [6.45, 7) is 5.92. The van der Waals surface area contributed by atoms with Gasteiger partial charge in [0.1, 0.15) is 5.75 Å². The van der Waals surface area contributed by atoms with Gasteiger partial charge in [0.15, 0.2) is 0 Å². The number of methoxy groups -OCH3 is 1. The zero-order valence-electron chi connectivity index (χ0n) is 14.1. The molecule has 0 heterocycles. The molecule has 23 heavy (non-hydrogen) atoms. The number of hydrogen-bond donors (Lipinski definition) is 1. The third kappa shape index (κ3) is 4.99. The molecule has 2 aromatic carbocycles. The average Bonchev–Trinajstić information content (AvgIpc) is 2.52. The van der Waals surface area contributed by atoms with Crippen LogP contribution < -0.4 is 10.1 Å². The molecule has 0 unspecified atom stereocenters. The first-order valence-corrected chi connectivity index (χ1v) is 7.63. The number of benzene rings is 2. The van der Waals surface area contributed by atoms with Gasteiger partial charge in [-0.05, 0) is 50.1 Å². The molecule has 0 aliphatic rings. The highest BCUT2D eigenvalue weighted by Crippen LogP contribution is 2.21. The minimum absolute atomic E-state index is 0.0838. The van der Waals surface area contributed by atoms with E-state index in [2.05, 4.69) is 5.32 Å². The van der Waals surface area contributed by atoms with E-state index in [9.17, 15) is 4.79 Å². The minimum Gasteiger partial charge on any atom is -0.497 e. The van der Waals surface area contributed by atoms with Gasteiger partial charge in [0.2, 0.25) is 0 Å². The molecule has 120 valence electrons. The quantitative estimate of drug-likeness (QED) is 0.680. The normalized spacial score (nSPS) is 11.9. The lowest BCUT2D eigenvalue weighted by atomic mass is 10.00. The van der Waals surface area contributed by atoms with Crippen molar-refractivity contribution in [2.75, 3.05) is 7.11 Å². The van der Waals surface area contributed by atoms with Crippen LogP contribution in [-0.2, 0) is 4.79 Å². The van der Waals surface area contributed by atoms with E-state index in [1.54, 1.807) is 7.11 Å². The highest BCUT2D eigenvalue weighted by molar-refractivity contribution is 6.24. The van der Waals surface area contributed by atoms with Crippen LogP contribution >= 0.6 is 0 Å². The molecule has 1 N–H and O–H groups in total. The van der Waals surface area contributed by atoms with E-state index < -0.39 is 0 Å². The smallest absolute Gasteiger partial charge is 0.252 e. The number of rotatable bonds is 4. The fraction of sp³-hybridized carbons (Fsp3) is 0.250. The van der Waals surface area contributed by atoms with E-state index in [0.29, 0.717) is 5.57 Å². The van der Waals surface area contributed by atoms with Gasteiger partial charge in [0.05, 0.1) is 7.11 Å². The zero-order chi connectivity index (χ0) is 16.9. The standard InChI is InChI=1S/C20H23NO2/c1-20(2,3)21-19(22)18(16-8-6-5-7-9-16)14-15-10-12-17(23-4)13-11-15/h5-14H,1-4H3,(H,21,22). The van der Waals surface area contributed by atoms with Crippen LogP contribution in [-0.4, -0.2) is 18.6 Å². The molecule has 0 bridgehead atoms. The first kappa shape index (κ1) is 16.8. The second-order valence-corrected chi connectivity index (χ2v) is 6.40. The van der Waals surface area contributed by atoms with Crippen molar-refractivity contribution in [1.29, 1.82) is 0 Å². The van der Waals surface area contributed by atoms with Crippen LogP contribution in [0.1, 0.15) is 31.9 Å². The molecule has 0 radical (unpaired) electrons. The van der Waals surface area contributed by atoms with Gasteiger partial charge in [-0.3, -0.25) is 4.79 Å². The largest absolute Gasteiger partial charge is 0.497 e. The number of nitrogens with one attached hydrogen (secondary N) is 1. The van der Waals surface area contributed by atoms with E-state index in [1.165, 1.54) is 0 Å². The first-order chi connectivity index (χ1) is 10.9. The van der Waals surface area contributed by atoms with E-state index >= 15 is 0 Å². The molecule has 0 aliphatic heterocycles. The molecule has 3 heteroatoms. The maximum atomic E-state index is 12.7. The van der Waals surface area contributed by atoms with Gasteiger partial charge < -0.3 is 10.1 Å². The van der Waals surface area contributed by atoms with Crippen molar-refractivity contribution in [2.24, 2.45) is 0 Å². The molecule has 0 aromatic heterocycles. The third-order valence-electron chi connectivity index (χ3n) is 3.24. The second-order valence-electron chi connectivity index (χ2n) is 6.40. The van der Waals surface area contributed by atoms with Gasteiger partial charge in [-0.2, -0.15) is 0 Å². The van der Waals surface area contributed by atoms with Crippen molar-refractivity contribution in [3.05, 3.63) is 65.7 Å². The van der Waals surface area contributed by atoms with Gasteiger partial charge >= 0.3 is 0 Å². The average molecular weight is 309 g/mol. The monoisotopic (exact) mass is 309 g/mol. The Morgan fingerprint density at radius 2 is 1.61 bits per heavy atom. The molecule has 2 aromatic rings. The summed E-state index contributed by atoms with van der Waals surface area (Å²) in [6, 6.07) is 17.3. The molecule has 0 fully saturated rings. The molecule has 0 atom stereocenters. The summed E-state index contributed by atoms with van der Waals surface area (Å²) in [5.41, 5.74) is 2.20. The lowest BCUT2D eigenvalue weighted by molar-refractivity contribution is -0.116. The Kier molecular flexibility index (Phi) is 5.22. The molecular weight excluding hydrogens is 286 g/mol. The highest BCUT2D eigenvalue weighted by Gasteiger charge is 2.18. The van der Waals surface area contributed by atoms with E-state index in [4.69, 9.17) is 4.74 Å². The zero-order valence-corrected chi connectivity index (χ0v) is 14.1. The minimum atomic E-state index is -0.287. The number of amides is 1. The van der Waals surface area contributed by atoms with Crippen LogP contribution in [0.4, 0.5) is 0 Å². The van der Waals surface area contributed by atoms with Gasteiger partial charge in [-0.1, -0.05) is 42.5 Å². The summed E-state index contributed by atoms with van der Waals surface area (Å²) in [7, 11) is 1.64. The first-order valence-electron chi connectivity index (χ1n) is 7.63. The number of carbonyl (C=O) groups excluding carboxylic acids is 1. The van der Waals surface area contributed by atoms with Crippen molar-refractivity contribution < 1.29 is 9.53 Å². The summed E-state index contributed by atoms with van der Waals surface area (Å²) in [5.74, 6) is 0.710. The van der Waals surface area contributed by atoms with Gasteiger partial charge in [-0.15, -0.1) is 0 Å². The molecule has 1 amide bonds. The molecule has 0 spiro atoms. The molecule has 0 saturated heterocycles. The number of hydrogen-bond acceptors (Lipinski definition) is 2. The predicted octanol–water partition coefficient (Wildman–Crippen LogP) is 4.15. The highest BCUT2D eigenvalue weighted by atomic mass is 16.5. The van der Waals surface area contributed by atoms with Crippen LogP contribution in [0.5, 0.6) is 5.75 Å². The van der Waals surface area contributed by atoms with Crippen molar-refractivity contribution >= 4 is 17.6 Å². The number of ether oxygens (including phenoxy) is 1. The fourth-order valence-electron chi connectivity index (χ4n) is 2.17. The number of carbonyl (C=O) groups is 1. The lowest BCUT2D eigenvalue weighted by Crippen LogP contribution is -2.40. The lowest BCUT2D eigenvalue weighted by Gasteiger charge is -2.21. The second kappa shape index (κ2) is 7.14. The summed E-state index contributed by atoms with van der Waals surface area (Å²) in [6.07, 6.45) is 1.90. The summed E-state index contributed by atoms with van der Waals surface area (Å²) in [4.78, 5) is 12.7. The molecule has 3 nitrogen and oxygen atoms in total. The third-order valence-corrected chi connectivity index (χ3v) is 3.24. The van der Waals surface area contributed by atoms with Gasteiger partial charge in [0.25, 0.3) is 5.91 Å². The molecular formula is C20H23NO2. The van der Waals surface area contributed by atoms with E-state index in [1.807, 2.05) is 81.4 Å². The van der Waals surface area contributed by atoms with E-state index in [0.717, 1.165) is 16.9 Å². The van der Waals surface area contributed by atoms with Crippen molar-refractivity contribution in [2.45, 2.75) is 26.3 Å². The van der Waals surface area contributed by atoms with Crippen LogP contribution in [0.2, 0.25) is 0 Å². The Morgan fingerprint density at radius 3 is 2.13 bits per heavy atom. The Morgan fingerprint density at radius 1 is 1.00 bits per heavy atom. The summed E-state index contributed by atoms with van der Waals surface area (Å²) in [5, 5.41) is 3.03. The van der Waals surface area contributed by atoms with Crippen LogP contribution in [0.3, 0.4) is 0 Å². The van der Waals surface area contributed by atoms with Gasteiger partial charge in [-0.25, -0.2) is 0 Å². The maximum Gasteiger partial charge on any atom is 0.252 e. The Bertz CT molecular complexity index is 680. The fourth-order valence-corrected chi connectivity index (χ4v) is 2.17. The van der Waals surface area contributed by atoms with Crippen LogP contribution in [0.15, 0.2) is 54.6 Å². The maximum absolute atomic E-state index is 12.7. The van der Waals surface area contributed by atoms with E-state index in [-0.39, 0.29) is 11.4 Å². The SMILES string of the molecule is COc1ccc(C=C(C(=O)NC(C)(C)C)c2ccccc2)cc1. The summed E-state index contributed by atoms with van der Waals surface area (Å²) >= 11 is 0. The van der Waals surface area contributed by atoms with Gasteiger partial charge in [0, 0.05) is 11.1 Å². The Labute approximate surface area is 138 Å². The Balaban J connectivity index is 2.40. The van der Waals surface area contributed by atoms with Crippen molar-refractivity contribution in [1.82, 2.24) is 5.32 Å². The van der Waals surface area contributed by atoms with Crippen molar-refractivity contribution in [3.63, 3.8) is 0 Å². The molecule has 0 saturated carbocycles. The van der Waals surface area contributed by atoms with Crippen LogP contribution in [0.25, 0.3) is 11.6 Å². The topological polar surface area (TPSA) is 38.3 Å².